The van der Waals surface area contributed by atoms with Crippen molar-refractivity contribution < 1.29 is 4.79 Å². The summed E-state index contributed by atoms with van der Waals surface area (Å²) in [5, 5.41) is 6.85. The van der Waals surface area contributed by atoms with Crippen LogP contribution in [0, 0.1) is 6.92 Å². The SMILES string of the molecule is Cc1ccc(C(=O)N2CCC(c3n[nH]c(=O)n3-c3ccccc3)CC2)cc1. The fourth-order valence-electron chi connectivity index (χ4n) is 3.63. The molecule has 1 aliphatic heterocycles. The van der Waals surface area contributed by atoms with E-state index in [0.717, 1.165) is 35.5 Å². The first-order valence-corrected chi connectivity index (χ1v) is 9.22. The van der Waals surface area contributed by atoms with Gasteiger partial charge in [-0.3, -0.25) is 4.79 Å². The van der Waals surface area contributed by atoms with Crippen molar-refractivity contribution in [3.63, 3.8) is 0 Å². The van der Waals surface area contributed by atoms with Crippen LogP contribution in [-0.2, 0) is 0 Å². The number of rotatable bonds is 3. The summed E-state index contributed by atoms with van der Waals surface area (Å²) in [7, 11) is 0. The van der Waals surface area contributed by atoms with Gasteiger partial charge in [0.05, 0.1) is 5.69 Å². The molecule has 1 amide bonds. The molecule has 0 saturated carbocycles. The molecule has 2 aromatic carbocycles. The maximum absolute atomic E-state index is 12.7. The van der Waals surface area contributed by atoms with Crippen LogP contribution in [0.2, 0.25) is 0 Å². The topological polar surface area (TPSA) is 71.0 Å². The second-order valence-corrected chi connectivity index (χ2v) is 6.99. The van der Waals surface area contributed by atoms with E-state index in [2.05, 4.69) is 10.2 Å². The molecule has 1 saturated heterocycles. The summed E-state index contributed by atoms with van der Waals surface area (Å²) in [6.45, 7) is 3.33. The number of nitrogens with one attached hydrogen (secondary N) is 1. The molecule has 1 N–H and O–H groups in total. The van der Waals surface area contributed by atoms with Crippen molar-refractivity contribution in [2.24, 2.45) is 0 Å². The van der Waals surface area contributed by atoms with Gasteiger partial charge in [0.15, 0.2) is 0 Å². The number of benzene rings is 2. The van der Waals surface area contributed by atoms with Crippen LogP contribution >= 0.6 is 0 Å². The first kappa shape index (κ1) is 17.3. The number of aromatic nitrogens is 3. The third-order valence-electron chi connectivity index (χ3n) is 5.16. The Morgan fingerprint density at radius 1 is 1.04 bits per heavy atom. The number of aromatic amines is 1. The molecular weight excluding hydrogens is 340 g/mol. The number of aryl methyl sites for hydroxylation is 1. The van der Waals surface area contributed by atoms with Gasteiger partial charge >= 0.3 is 5.69 Å². The number of hydrogen-bond acceptors (Lipinski definition) is 3. The van der Waals surface area contributed by atoms with Gasteiger partial charge < -0.3 is 4.90 Å². The Balaban J connectivity index is 1.50. The number of piperidine rings is 1. The Kier molecular flexibility index (Phi) is 4.62. The zero-order chi connectivity index (χ0) is 18.8. The first-order chi connectivity index (χ1) is 13.1. The summed E-state index contributed by atoms with van der Waals surface area (Å²) in [4.78, 5) is 26.8. The van der Waals surface area contributed by atoms with Crippen molar-refractivity contribution in [2.75, 3.05) is 13.1 Å². The van der Waals surface area contributed by atoms with E-state index in [1.54, 1.807) is 4.57 Å². The quantitative estimate of drug-likeness (QED) is 0.779. The highest BCUT2D eigenvalue weighted by molar-refractivity contribution is 5.94. The number of nitrogens with zero attached hydrogens (tertiary/aromatic N) is 3. The largest absolute Gasteiger partial charge is 0.347 e. The van der Waals surface area contributed by atoms with Crippen LogP contribution in [0.1, 0.15) is 40.5 Å². The van der Waals surface area contributed by atoms with E-state index >= 15 is 0 Å². The normalized spacial score (nSPS) is 15.1. The van der Waals surface area contributed by atoms with Crippen LogP contribution in [0.25, 0.3) is 5.69 Å². The zero-order valence-electron chi connectivity index (χ0n) is 15.3. The fourth-order valence-corrected chi connectivity index (χ4v) is 3.63. The highest BCUT2D eigenvalue weighted by Gasteiger charge is 2.28. The van der Waals surface area contributed by atoms with Crippen LogP contribution in [0.15, 0.2) is 59.4 Å². The van der Waals surface area contributed by atoms with Crippen molar-refractivity contribution in [3.05, 3.63) is 82.0 Å². The van der Waals surface area contributed by atoms with Crippen LogP contribution in [0.5, 0.6) is 0 Å². The lowest BCUT2D eigenvalue weighted by Crippen LogP contribution is -2.38. The van der Waals surface area contributed by atoms with Gasteiger partial charge in [0.25, 0.3) is 5.91 Å². The number of carbonyl (C=O) groups is 1. The van der Waals surface area contributed by atoms with Gasteiger partial charge in [-0.15, -0.1) is 0 Å². The Morgan fingerprint density at radius 3 is 2.37 bits per heavy atom. The number of H-pyrrole nitrogens is 1. The van der Waals surface area contributed by atoms with Gasteiger partial charge in [-0.2, -0.15) is 5.10 Å². The molecule has 6 heteroatoms. The Labute approximate surface area is 157 Å². The number of para-hydroxylation sites is 1. The lowest BCUT2D eigenvalue weighted by atomic mass is 9.95. The molecule has 2 heterocycles. The van der Waals surface area contributed by atoms with Crippen LogP contribution < -0.4 is 5.69 Å². The van der Waals surface area contributed by atoms with Crippen molar-refractivity contribution >= 4 is 5.91 Å². The van der Waals surface area contributed by atoms with E-state index < -0.39 is 0 Å². The van der Waals surface area contributed by atoms with Crippen molar-refractivity contribution in [1.29, 1.82) is 0 Å². The molecule has 0 aliphatic carbocycles. The van der Waals surface area contributed by atoms with Gasteiger partial charge in [-0.1, -0.05) is 35.9 Å². The molecule has 27 heavy (non-hydrogen) atoms. The highest BCUT2D eigenvalue weighted by atomic mass is 16.2. The lowest BCUT2D eigenvalue weighted by molar-refractivity contribution is 0.0710. The van der Waals surface area contributed by atoms with E-state index in [1.165, 1.54) is 0 Å². The molecule has 3 aromatic rings. The van der Waals surface area contributed by atoms with Gasteiger partial charge in [-0.25, -0.2) is 14.5 Å². The molecule has 1 aromatic heterocycles. The monoisotopic (exact) mass is 362 g/mol. The number of carbonyl (C=O) groups excluding carboxylic acids is 1. The summed E-state index contributed by atoms with van der Waals surface area (Å²) in [5.74, 6) is 0.954. The Bertz CT molecular complexity index is 981. The number of hydrogen-bond donors (Lipinski definition) is 1. The second kappa shape index (κ2) is 7.23. The molecule has 1 aliphatic rings. The van der Waals surface area contributed by atoms with E-state index in [0.29, 0.717) is 13.1 Å². The zero-order valence-corrected chi connectivity index (χ0v) is 15.3. The van der Waals surface area contributed by atoms with Crippen molar-refractivity contribution in [2.45, 2.75) is 25.7 Å². The summed E-state index contributed by atoms with van der Waals surface area (Å²) < 4.78 is 1.64. The van der Waals surface area contributed by atoms with E-state index in [-0.39, 0.29) is 17.5 Å². The summed E-state index contributed by atoms with van der Waals surface area (Å²) >= 11 is 0. The molecule has 1 fully saturated rings. The van der Waals surface area contributed by atoms with Gasteiger partial charge in [-0.05, 0) is 44.0 Å². The molecule has 0 bridgehead atoms. The maximum atomic E-state index is 12.7. The van der Waals surface area contributed by atoms with E-state index in [1.807, 2.05) is 66.4 Å². The standard InChI is InChI=1S/C21H22N4O2/c1-15-7-9-17(10-8-15)20(26)24-13-11-16(12-14-24)19-22-23-21(27)25(19)18-5-3-2-4-6-18/h2-10,16H,11-14H2,1H3,(H,23,27). The van der Waals surface area contributed by atoms with Crippen molar-refractivity contribution in [3.8, 4) is 5.69 Å². The van der Waals surface area contributed by atoms with Crippen LogP contribution in [-0.4, -0.2) is 38.7 Å². The number of likely N-dealkylation sites (tertiary alicyclic amines) is 1. The molecule has 6 nitrogen and oxygen atoms in total. The summed E-state index contributed by atoms with van der Waals surface area (Å²) in [6.07, 6.45) is 1.57. The molecule has 0 atom stereocenters. The van der Waals surface area contributed by atoms with Gasteiger partial charge in [0.2, 0.25) is 0 Å². The third-order valence-corrected chi connectivity index (χ3v) is 5.16. The molecule has 4 rings (SSSR count). The average Bonchev–Trinajstić information content (AvgIpc) is 3.10. The second-order valence-electron chi connectivity index (χ2n) is 6.99. The predicted octanol–water partition coefficient (Wildman–Crippen LogP) is 2.89. The number of amides is 1. The minimum Gasteiger partial charge on any atom is -0.339 e. The van der Waals surface area contributed by atoms with Crippen molar-refractivity contribution in [1.82, 2.24) is 19.7 Å². The highest BCUT2D eigenvalue weighted by Crippen LogP contribution is 2.28. The maximum Gasteiger partial charge on any atom is 0.347 e. The van der Waals surface area contributed by atoms with Gasteiger partial charge in [0.1, 0.15) is 5.82 Å². The average molecular weight is 362 g/mol. The Morgan fingerprint density at radius 2 is 1.70 bits per heavy atom. The fraction of sp³-hybridized carbons (Fsp3) is 0.286. The summed E-state index contributed by atoms with van der Waals surface area (Å²) in [6, 6.07) is 17.2. The summed E-state index contributed by atoms with van der Waals surface area (Å²) in [5.41, 5.74) is 2.45. The van der Waals surface area contributed by atoms with Gasteiger partial charge in [0, 0.05) is 24.6 Å². The molecular formula is C21H22N4O2. The first-order valence-electron chi connectivity index (χ1n) is 9.22. The van der Waals surface area contributed by atoms with Crippen LogP contribution in [0.4, 0.5) is 0 Å². The minimum atomic E-state index is -0.227. The molecule has 0 radical (unpaired) electrons. The minimum absolute atomic E-state index is 0.0657. The smallest absolute Gasteiger partial charge is 0.339 e. The Hall–Kier alpha value is -3.15. The molecule has 138 valence electrons. The molecule has 0 unspecified atom stereocenters. The third kappa shape index (κ3) is 3.43. The molecule has 0 spiro atoms. The predicted molar refractivity (Wildman–Crippen MR) is 103 cm³/mol. The van der Waals surface area contributed by atoms with E-state index in [9.17, 15) is 9.59 Å². The lowest BCUT2D eigenvalue weighted by Gasteiger charge is -2.31. The van der Waals surface area contributed by atoms with Crippen LogP contribution in [0.3, 0.4) is 0 Å². The van der Waals surface area contributed by atoms with E-state index in [4.69, 9.17) is 0 Å².